The van der Waals surface area contributed by atoms with Crippen molar-refractivity contribution in [2.45, 2.75) is 13.8 Å². The summed E-state index contributed by atoms with van der Waals surface area (Å²) < 4.78 is 2.99. The Morgan fingerprint density at radius 2 is 1.62 bits per heavy atom. The largest absolute Gasteiger partial charge is 1.00 e. The van der Waals surface area contributed by atoms with E-state index in [-0.39, 0.29) is 23.7 Å². The Morgan fingerprint density at radius 3 is 2.21 bits per heavy atom. The van der Waals surface area contributed by atoms with Crippen molar-refractivity contribution in [2.24, 2.45) is 0 Å². The summed E-state index contributed by atoms with van der Waals surface area (Å²) in [6, 6.07) is 14.6. The third-order valence-corrected chi connectivity index (χ3v) is 3.61. The Balaban J connectivity index is 0.00000208. The minimum Gasteiger partial charge on any atom is -1.00 e. The number of benzene rings is 1. The minimum absolute atomic E-state index is 0. The van der Waals surface area contributed by atoms with Crippen LogP contribution in [0.2, 0.25) is 0 Å². The molecule has 0 aliphatic rings. The maximum absolute atomic E-state index is 12.9. The lowest BCUT2D eigenvalue weighted by Gasteiger charge is -2.09. The van der Waals surface area contributed by atoms with Gasteiger partial charge in [-0.1, -0.05) is 24.3 Å². The van der Waals surface area contributed by atoms with E-state index >= 15 is 0 Å². The van der Waals surface area contributed by atoms with Crippen LogP contribution < -0.4 is 22.5 Å². The van der Waals surface area contributed by atoms with E-state index in [4.69, 9.17) is 0 Å². The first-order valence-corrected chi connectivity index (χ1v) is 7.26. The van der Waals surface area contributed by atoms with Crippen LogP contribution in [0.1, 0.15) is 23.0 Å². The molecule has 3 rings (SSSR count). The zero-order valence-electron chi connectivity index (χ0n) is 13.3. The first kappa shape index (κ1) is 17.6. The molecule has 0 fully saturated rings. The standard InChI is InChI=1S/C18H16N3O2.ClH/c1-13-16(14(2)22)19-21(15-9-5-3-6-10-15)18(23)17(13)20-11-7-4-8-12-20;/h3-12H,1-2H3;1H/q+1;/p-1. The fourth-order valence-electron chi connectivity index (χ4n) is 2.52. The molecule has 0 amide bonds. The Bertz CT molecular complexity index is 922. The number of ketones is 1. The quantitative estimate of drug-likeness (QED) is 0.455. The van der Waals surface area contributed by atoms with Gasteiger partial charge in [-0.15, -0.1) is 0 Å². The van der Waals surface area contributed by atoms with Crippen LogP contribution in [0.4, 0.5) is 0 Å². The summed E-state index contributed by atoms with van der Waals surface area (Å²) in [5.41, 5.74) is 1.65. The number of rotatable bonds is 3. The minimum atomic E-state index is -0.269. The molecule has 6 heteroatoms. The van der Waals surface area contributed by atoms with Crippen molar-refractivity contribution < 1.29 is 21.8 Å². The van der Waals surface area contributed by atoms with Crippen molar-refractivity contribution in [3.8, 4) is 11.4 Å². The zero-order valence-corrected chi connectivity index (χ0v) is 14.1. The molecule has 0 radical (unpaired) electrons. The lowest BCUT2D eigenvalue weighted by Crippen LogP contribution is -3.00. The van der Waals surface area contributed by atoms with Crippen molar-refractivity contribution in [3.63, 3.8) is 0 Å². The second kappa shape index (κ2) is 7.19. The van der Waals surface area contributed by atoms with E-state index in [2.05, 4.69) is 5.10 Å². The number of hydrogen-bond acceptors (Lipinski definition) is 3. The Hall–Kier alpha value is -2.79. The van der Waals surface area contributed by atoms with Crippen LogP contribution in [0.15, 0.2) is 65.7 Å². The first-order chi connectivity index (χ1) is 11.1. The number of halogens is 1. The lowest BCUT2D eigenvalue weighted by atomic mass is 10.1. The average Bonchev–Trinajstić information content (AvgIpc) is 2.56. The van der Waals surface area contributed by atoms with Gasteiger partial charge in [-0.3, -0.25) is 9.59 Å². The molecule has 2 aromatic heterocycles. The summed E-state index contributed by atoms with van der Waals surface area (Å²) in [7, 11) is 0. The second-order valence-corrected chi connectivity index (χ2v) is 5.21. The van der Waals surface area contributed by atoms with E-state index in [1.807, 2.05) is 36.4 Å². The molecule has 5 nitrogen and oxygen atoms in total. The number of carbonyl (C=O) groups is 1. The van der Waals surface area contributed by atoms with E-state index in [1.165, 1.54) is 11.6 Å². The molecule has 0 aliphatic carbocycles. The van der Waals surface area contributed by atoms with E-state index in [0.29, 0.717) is 22.6 Å². The van der Waals surface area contributed by atoms with Gasteiger partial charge in [-0.25, -0.2) is 0 Å². The molecule has 0 N–H and O–H groups in total. The predicted octanol–water partition coefficient (Wildman–Crippen LogP) is -0.976. The van der Waals surface area contributed by atoms with Gasteiger partial charge >= 0.3 is 5.56 Å². The molecule has 2 heterocycles. The zero-order chi connectivity index (χ0) is 16.4. The topological polar surface area (TPSA) is 55.8 Å². The van der Waals surface area contributed by atoms with Gasteiger partial charge in [0.25, 0.3) is 5.69 Å². The van der Waals surface area contributed by atoms with Gasteiger partial charge in [0.1, 0.15) is 5.69 Å². The molecular weight excluding hydrogens is 326 g/mol. The summed E-state index contributed by atoms with van der Waals surface area (Å²) in [4.78, 5) is 24.9. The average molecular weight is 342 g/mol. The summed E-state index contributed by atoms with van der Waals surface area (Å²) in [5, 5.41) is 4.27. The Morgan fingerprint density at radius 1 is 1.04 bits per heavy atom. The maximum atomic E-state index is 12.9. The SMILES string of the molecule is CC(=O)c1nn(-c2ccccc2)c(=O)c(-[n+]2ccccc2)c1C.[Cl-]. The van der Waals surface area contributed by atoms with Gasteiger partial charge in [0.05, 0.1) is 11.3 Å². The first-order valence-electron chi connectivity index (χ1n) is 7.26. The molecule has 24 heavy (non-hydrogen) atoms. The van der Waals surface area contributed by atoms with Gasteiger partial charge in [-0.05, 0) is 19.1 Å². The summed E-state index contributed by atoms with van der Waals surface area (Å²) in [5.74, 6) is -0.176. The molecule has 0 spiro atoms. The molecule has 1 aromatic carbocycles. The third-order valence-electron chi connectivity index (χ3n) is 3.61. The van der Waals surface area contributed by atoms with Crippen molar-refractivity contribution in [1.29, 1.82) is 0 Å². The number of carbonyl (C=O) groups excluding carboxylic acids is 1. The Kier molecular flexibility index (Phi) is 5.26. The number of Topliss-reactive ketones (excluding diaryl/α,β-unsaturated/α-hetero) is 1. The summed E-state index contributed by atoms with van der Waals surface area (Å²) >= 11 is 0. The molecule has 0 saturated heterocycles. The molecule has 0 bridgehead atoms. The molecule has 0 unspecified atom stereocenters. The van der Waals surface area contributed by atoms with Gasteiger partial charge in [0.2, 0.25) is 0 Å². The van der Waals surface area contributed by atoms with Crippen LogP contribution in [-0.4, -0.2) is 15.6 Å². The smallest absolute Gasteiger partial charge is 0.344 e. The lowest BCUT2D eigenvalue weighted by molar-refractivity contribution is -0.597. The highest BCUT2D eigenvalue weighted by Gasteiger charge is 2.24. The second-order valence-electron chi connectivity index (χ2n) is 5.21. The maximum Gasteiger partial charge on any atom is 0.344 e. The number of aromatic nitrogens is 3. The normalized spacial score (nSPS) is 10.1. The van der Waals surface area contributed by atoms with Crippen LogP contribution in [0.25, 0.3) is 11.4 Å². The summed E-state index contributed by atoms with van der Waals surface area (Å²) in [6.07, 6.45) is 3.56. The monoisotopic (exact) mass is 341 g/mol. The van der Waals surface area contributed by atoms with Crippen molar-refractivity contribution >= 4 is 5.78 Å². The third kappa shape index (κ3) is 3.12. The fraction of sp³-hybridized carbons (Fsp3) is 0.111. The van der Waals surface area contributed by atoms with Gasteiger partial charge in [-0.2, -0.15) is 14.3 Å². The van der Waals surface area contributed by atoms with E-state index < -0.39 is 0 Å². The van der Waals surface area contributed by atoms with Crippen molar-refractivity contribution in [3.05, 3.63) is 82.5 Å². The van der Waals surface area contributed by atoms with E-state index in [0.717, 1.165) is 0 Å². The van der Waals surface area contributed by atoms with Crippen LogP contribution in [0.3, 0.4) is 0 Å². The molecule has 122 valence electrons. The fourth-order valence-corrected chi connectivity index (χ4v) is 2.52. The summed E-state index contributed by atoms with van der Waals surface area (Å²) in [6.45, 7) is 3.20. The highest BCUT2D eigenvalue weighted by atomic mass is 35.5. The highest BCUT2D eigenvalue weighted by molar-refractivity contribution is 5.93. The van der Waals surface area contributed by atoms with Crippen molar-refractivity contribution in [1.82, 2.24) is 9.78 Å². The van der Waals surface area contributed by atoms with Crippen LogP contribution in [0, 0.1) is 6.92 Å². The highest BCUT2D eigenvalue weighted by Crippen LogP contribution is 2.11. The van der Waals surface area contributed by atoms with Gasteiger partial charge in [0, 0.05) is 19.1 Å². The van der Waals surface area contributed by atoms with Crippen LogP contribution in [0.5, 0.6) is 0 Å². The molecule has 0 saturated carbocycles. The molecule has 3 aromatic rings. The van der Waals surface area contributed by atoms with Crippen LogP contribution in [-0.2, 0) is 0 Å². The molecular formula is C18H16ClN3O2. The van der Waals surface area contributed by atoms with E-state index in [1.54, 1.807) is 36.0 Å². The number of nitrogens with zero attached hydrogens (tertiary/aromatic N) is 3. The molecule has 0 atom stereocenters. The van der Waals surface area contributed by atoms with Crippen molar-refractivity contribution in [2.75, 3.05) is 0 Å². The number of pyridine rings is 1. The number of para-hydroxylation sites is 1. The van der Waals surface area contributed by atoms with E-state index in [9.17, 15) is 9.59 Å². The van der Waals surface area contributed by atoms with Gasteiger partial charge in [0.15, 0.2) is 18.2 Å². The Labute approximate surface area is 145 Å². The number of hydrogen-bond donors (Lipinski definition) is 0. The predicted molar refractivity (Wildman–Crippen MR) is 86.1 cm³/mol. The molecule has 0 aliphatic heterocycles. The van der Waals surface area contributed by atoms with Gasteiger partial charge < -0.3 is 12.4 Å². The van der Waals surface area contributed by atoms with Crippen LogP contribution >= 0.6 is 0 Å².